The molecule has 0 N–H and O–H groups in total. The van der Waals surface area contributed by atoms with Crippen LogP contribution in [0.25, 0.3) is 10.8 Å². The minimum absolute atomic E-state index is 0.106. The molecule has 0 bridgehead atoms. The van der Waals surface area contributed by atoms with Crippen LogP contribution in [0, 0.1) is 17.7 Å². The SMILES string of the molecule is O=C(c1cccc2ccccc12)N1CC(COc2ccccc2)C(CN2CCC(c3ccc(F)cc3)CC2)C1. The smallest absolute Gasteiger partial charge is 0.254 e. The number of rotatable bonds is 7. The lowest BCUT2D eigenvalue weighted by Gasteiger charge is -2.34. The minimum atomic E-state index is -0.177. The second kappa shape index (κ2) is 11.6. The number of piperidine rings is 1. The van der Waals surface area contributed by atoms with Gasteiger partial charge in [0.2, 0.25) is 0 Å². The van der Waals surface area contributed by atoms with Crippen molar-refractivity contribution in [3.8, 4) is 5.75 Å². The van der Waals surface area contributed by atoms with Crippen molar-refractivity contribution < 1.29 is 13.9 Å². The maximum atomic E-state index is 13.8. The summed E-state index contributed by atoms with van der Waals surface area (Å²) < 4.78 is 19.6. The molecule has 2 fully saturated rings. The Morgan fingerprint density at radius 3 is 2.28 bits per heavy atom. The van der Waals surface area contributed by atoms with Crippen molar-refractivity contribution in [3.05, 3.63) is 114 Å². The highest BCUT2D eigenvalue weighted by molar-refractivity contribution is 6.07. The zero-order valence-corrected chi connectivity index (χ0v) is 22.2. The summed E-state index contributed by atoms with van der Waals surface area (Å²) in [5, 5.41) is 2.10. The van der Waals surface area contributed by atoms with E-state index in [1.165, 1.54) is 5.56 Å². The van der Waals surface area contributed by atoms with E-state index in [9.17, 15) is 9.18 Å². The lowest BCUT2D eigenvalue weighted by atomic mass is 9.88. The minimum Gasteiger partial charge on any atom is -0.493 e. The van der Waals surface area contributed by atoms with Gasteiger partial charge in [-0.1, -0.05) is 66.7 Å². The van der Waals surface area contributed by atoms with Crippen LogP contribution in [0.3, 0.4) is 0 Å². The largest absolute Gasteiger partial charge is 0.493 e. The normalized spacial score (nSPS) is 20.4. The van der Waals surface area contributed by atoms with E-state index in [2.05, 4.69) is 17.0 Å². The van der Waals surface area contributed by atoms with Crippen molar-refractivity contribution in [2.75, 3.05) is 39.3 Å². The molecule has 5 heteroatoms. The van der Waals surface area contributed by atoms with Gasteiger partial charge in [-0.15, -0.1) is 0 Å². The van der Waals surface area contributed by atoms with Gasteiger partial charge in [0.1, 0.15) is 11.6 Å². The number of likely N-dealkylation sites (tertiary alicyclic amines) is 2. The Hall–Kier alpha value is -3.70. The lowest BCUT2D eigenvalue weighted by Crippen LogP contribution is -2.39. The van der Waals surface area contributed by atoms with Gasteiger partial charge < -0.3 is 14.5 Å². The molecule has 2 aliphatic rings. The number of carbonyl (C=O) groups is 1. The van der Waals surface area contributed by atoms with E-state index in [0.29, 0.717) is 25.0 Å². The average Bonchev–Trinajstić information content (AvgIpc) is 3.39. The molecule has 0 spiro atoms. The molecule has 2 heterocycles. The fraction of sp³-hybridized carbons (Fsp3) is 0.324. The van der Waals surface area contributed by atoms with E-state index in [1.807, 2.05) is 77.7 Å². The van der Waals surface area contributed by atoms with Crippen LogP contribution in [0.4, 0.5) is 4.39 Å². The van der Waals surface area contributed by atoms with Gasteiger partial charge in [0.15, 0.2) is 0 Å². The second-order valence-corrected chi connectivity index (χ2v) is 11.0. The zero-order valence-electron chi connectivity index (χ0n) is 22.2. The van der Waals surface area contributed by atoms with Gasteiger partial charge in [-0.25, -0.2) is 4.39 Å². The van der Waals surface area contributed by atoms with Crippen molar-refractivity contribution in [2.45, 2.75) is 18.8 Å². The van der Waals surface area contributed by atoms with Crippen LogP contribution in [-0.4, -0.2) is 55.0 Å². The van der Waals surface area contributed by atoms with E-state index in [1.54, 1.807) is 12.1 Å². The van der Waals surface area contributed by atoms with Crippen molar-refractivity contribution in [2.24, 2.45) is 11.8 Å². The fourth-order valence-corrected chi connectivity index (χ4v) is 6.32. The Kier molecular flexibility index (Phi) is 7.60. The summed E-state index contributed by atoms with van der Waals surface area (Å²) in [6, 6.07) is 31.0. The Bertz CT molecular complexity index is 1390. The van der Waals surface area contributed by atoms with Gasteiger partial charge in [-0.2, -0.15) is 0 Å². The standard InChI is InChI=1S/C34H35FN2O2/c35-30-15-13-25(14-16-30)26-17-19-36(20-18-26)21-28-22-37(23-29(28)24-39-31-9-2-1-3-10-31)34(38)33-12-6-8-27-7-4-5-11-32(27)33/h1-16,26,28-29H,17-24H2. The second-order valence-electron chi connectivity index (χ2n) is 11.0. The van der Waals surface area contributed by atoms with Crippen LogP contribution in [0.5, 0.6) is 5.75 Å². The molecular formula is C34H35FN2O2. The molecule has 39 heavy (non-hydrogen) atoms. The van der Waals surface area contributed by atoms with E-state index in [0.717, 1.165) is 61.1 Å². The summed E-state index contributed by atoms with van der Waals surface area (Å²) in [4.78, 5) is 18.4. The van der Waals surface area contributed by atoms with Gasteiger partial charge in [-0.05, 0) is 84.4 Å². The molecule has 2 saturated heterocycles. The highest BCUT2D eigenvalue weighted by Crippen LogP contribution is 2.32. The van der Waals surface area contributed by atoms with Crippen LogP contribution < -0.4 is 4.74 Å². The first-order valence-corrected chi connectivity index (χ1v) is 14.1. The Morgan fingerprint density at radius 2 is 1.49 bits per heavy atom. The number of hydrogen-bond acceptors (Lipinski definition) is 3. The Balaban J connectivity index is 1.15. The number of carbonyl (C=O) groups excluding carboxylic acids is 1. The first-order valence-electron chi connectivity index (χ1n) is 14.1. The van der Waals surface area contributed by atoms with Crippen molar-refractivity contribution >= 4 is 16.7 Å². The topological polar surface area (TPSA) is 32.8 Å². The summed E-state index contributed by atoms with van der Waals surface area (Å²) in [5.74, 6) is 1.88. The molecule has 2 aliphatic heterocycles. The predicted octanol–water partition coefficient (Wildman–Crippen LogP) is 6.63. The summed E-state index contributed by atoms with van der Waals surface area (Å²) in [6.07, 6.45) is 2.14. The Labute approximate surface area is 230 Å². The molecule has 4 nitrogen and oxygen atoms in total. The molecule has 0 saturated carbocycles. The van der Waals surface area contributed by atoms with Gasteiger partial charge in [0, 0.05) is 31.1 Å². The Morgan fingerprint density at radius 1 is 0.795 bits per heavy atom. The van der Waals surface area contributed by atoms with E-state index in [-0.39, 0.29) is 17.6 Å². The van der Waals surface area contributed by atoms with Crippen LogP contribution in [0.2, 0.25) is 0 Å². The number of ether oxygens (including phenoxy) is 1. The third kappa shape index (κ3) is 5.84. The maximum Gasteiger partial charge on any atom is 0.254 e. The van der Waals surface area contributed by atoms with E-state index in [4.69, 9.17) is 4.74 Å². The molecule has 0 radical (unpaired) electrons. The molecule has 0 aromatic heterocycles. The fourth-order valence-electron chi connectivity index (χ4n) is 6.32. The molecule has 4 aromatic rings. The molecular weight excluding hydrogens is 487 g/mol. The summed E-state index contributed by atoms with van der Waals surface area (Å²) >= 11 is 0. The number of hydrogen-bond donors (Lipinski definition) is 0. The summed E-state index contributed by atoms with van der Waals surface area (Å²) in [7, 11) is 0. The van der Waals surface area contributed by atoms with Crippen LogP contribution in [0.15, 0.2) is 97.1 Å². The van der Waals surface area contributed by atoms with Crippen molar-refractivity contribution in [3.63, 3.8) is 0 Å². The van der Waals surface area contributed by atoms with Crippen LogP contribution >= 0.6 is 0 Å². The lowest BCUT2D eigenvalue weighted by molar-refractivity contribution is 0.0780. The predicted molar refractivity (Wildman–Crippen MR) is 154 cm³/mol. The number of para-hydroxylation sites is 1. The van der Waals surface area contributed by atoms with Gasteiger partial charge in [-0.3, -0.25) is 4.79 Å². The number of fused-ring (bicyclic) bond motifs is 1. The number of benzene rings is 4. The van der Waals surface area contributed by atoms with Crippen molar-refractivity contribution in [1.82, 2.24) is 9.80 Å². The molecule has 2 unspecified atom stereocenters. The first-order chi connectivity index (χ1) is 19.1. The van der Waals surface area contributed by atoms with Crippen LogP contribution in [0.1, 0.15) is 34.7 Å². The molecule has 0 aliphatic carbocycles. The molecule has 4 aromatic carbocycles. The number of nitrogens with zero attached hydrogens (tertiary/aromatic N) is 2. The maximum absolute atomic E-state index is 13.8. The molecule has 200 valence electrons. The quantitative estimate of drug-likeness (QED) is 0.273. The third-order valence-corrected chi connectivity index (χ3v) is 8.51. The summed E-state index contributed by atoms with van der Waals surface area (Å²) in [6.45, 7) is 5.02. The first kappa shape index (κ1) is 25.6. The average molecular weight is 523 g/mol. The van der Waals surface area contributed by atoms with E-state index < -0.39 is 0 Å². The summed E-state index contributed by atoms with van der Waals surface area (Å²) in [5.41, 5.74) is 2.01. The van der Waals surface area contributed by atoms with Gasteiger partial charge in [0.05, 0.1) is 6.61 Å². The van der Waals surface area contributed by atoms with E-state index >= 15 is 0 Å². The van der Waals surface area contributed by atoms with Gasteiger partial charge in [0.25, 0.3) is 5.91 Å². The molecule has 1 amide bonds. The monoisotopic (exact) mass is 522 g/mol. The van der Waals surface area contributed by atoms with Crippen molar-refractivity contribution in [1.29, 1.82) is 0 Å². The number of halogens is 1. The molecule has 6 rings (SSSR count). The molecule has 2 atom stereocenters. The highest BCUT2D eigenvalue weighted by Gasteiger charge is 2.38. The van der Waals surface area contributed by atoms with Crippen LogP contribution in [-0.2, 0) is 0 Å². The zero-order chi connectivity index (χ0) is 26.6. The number of amides is 1. The third-order valence-electron chi connectivity index (χ3n) is 8.51. The highest BCUT2D eigenvalue weighted by atomic mass is 19.1. The van der Waals surface area contributed by atoms with Gasteiger partial charge >= 0.3 is 0 Å².